The Labute approximate surface area is 89.4 Å². The van der Waals surface area contributed by atoms with Crippen LogP contribution in [0.2, 0.25) is 0 Å². The summed E-state index contributed by atoms with van der Waals surface area (Å²) in [4.78, 5) is 0. The molecule has 80 valence electrons. The molecular formula is C11H12O3S. The van der Waals surface area contributed by atoms with Gasteiger partial charge in [0.2, 0.25) is 0 Å². The maximum absolute atomic E-state index is 11.2. The van der Waals surface area contributed by atoms with E-state index in [-0.39, 0.29) is 0 Å². The topological polar surface area (TPSA) is 43.4 Å². The third kappa shape index (κ3) is 2.83. The summed E-state index contributed by atoms with van der Waals surface area (Å²) in [6, 6.07) is 0. The van der Waals surface area contributed by atoms with Crippen molar-refractivity contribution in [1.82, 2.24) is 0 Å². The van der Waals surface area contributed by atoms with Crippen molar-refractivity contribution < 1.29 is 13.2 Å². The maximum atomic E-state index is 11.2. The highest BCUT2D eigenvalue weighted by Gasteiger charge is 2.13. The predicted molar refractivity (Wildman–Crippen MR) is 58.3 cm³/mol. The molecule has 1 aliphatic carbocycles. The lowest BCUT2D eigenvalue weighted by atomic mass is 10.0. The minimum absolute atomic E-state index is 0.499. The van der Waals surface area contributed by atoms with E-state index in [9.17, 15) is 8.42 Å². The summed E-state index contributed by atoms with van der Waals surface area (Å²) in [6.45, 7) is 0. The van der Waals surface area contributed by atoms with Crippen molar-refractivity contribution in [2.45, 2.75) is 19.3 Å². The van der Waals surface area contributed by atoms with Gasteiger partial charge in [-0.15, -0.1) is 0 Å². The van der Waals surface area contributed by atoms with Gasteiger partial charge >= 0.3 is 0 Å². The smallest absolute Gasteiger partial charge is 0.199 e. The van der Waals surface area contributed by atoms with Gasteiger partial charge in [-0.2, -0.15) is 0 Å². The Hall–Kier alpha value is -1.29. The van der Waals surface area contributed by atoms with Crippen molar-refractivity contribution in [1.29, 1.82) is 0 Å². The number of hydrogen-bond acceptors (Lipinski definition) is 3. The molecule has 0 aromatic rings. The zero-order valence-corrected chi connectivity index (χ0v) is 9.03. The second-order valence-corrected chi connectivity index (χ2v) is 5.22. The highest BCUT2D eigenvalue weighted by molar-refractivity contribution is 7.97. The van der Waals surface area contributed by atoms with Gasteiger partial charge in [0.25, 0.3) is 0 Å². The molecule has 1 aliphatic heterocycles. The lowest BCUT2D eigenvalue weighted by Crippen LogP contribution is -2.01. The normalized spacial score (nSPS) is 22.9. The minimum atomic E-state index is -3.20. The second kappa shape index (κ2) is 4.06. The molecule has 2 aliphatic rings. The van der Waals surface area contributed by atoms with E-state index in [4.69, 9.17) is 4.74 Å². The summed E-state index contributed by atoms with van der Waals surface area (Å²) in [6.07, 6.45) is 9.89. The molecule has 0 bridgehead atoms. The Morgan fingerprint density at radius 2 is 2.27 bits per heavy atom. The number of sulfone groups is 1. The summed E-state index contributed by atoms with van der Waals surface area (Å²) in [5, 5.41) is 2.25. The third-order valence-electron chi connectivity index (χ3n) is 2.26. The largest absolute Gasteiger partial charge is 0.468 e. The average Bonchev–Trinajstić information content (AvgIpc) is 2.17. The Kier molecular flexibility index (Phi) is 2.77. The summed E-state index contributed by atoms with van der Waals surface area (Å²) < 4.78 is 27.6. The van der Waals surface area contributed by atoms with Gasteiger partial charge in [-0.25, -0.2) is 8.42 Å². The van der Waals surface area contributed by atoms with Gasteiger partial charge in [0.1, 0.15) is 12.0 Å². The molecule has 0 fully saturated rings. The fourth-order valence-corrected chi connectivity index (χ4v) is 2.34. The number of hydrogen-bond donors (Lipinski definition) is 0. The predicted octanol–water partition coefficient (Wildman–Crippen LogP) is 2.41. The molecule has 4 heteroatoms. The Morgan fingerprint density at radius 3 is 2.93 bits per heavy atom. The van der Waals surface area contributed by atoms with Crippen LogP contribution in [0, 0.1) is 0 Å². The maximum Gasteiger partial charge on any atom is 0.199 e. The van der Waals surface area contributed by atoms with Crippen LogP contribution >= 0.6 is 0 Å². The first-order valence-corrected chi connectivity index (χ1v) is 6.40. The van der Waals surface area contributed by atoms with Crippen molar-refractivity contribution in [3.8, 4) is 0 Å². The van der Waals surface area contributed by atoms with Gasteiger partial charge in [-0.3, -0.25) is 0 Å². The van der Waals surface area contributed by atoms with Gasteiger partial charge in [0.15, 0.2) is 9.84 Å². The zero-order chi connectivity index (χ0) is 10.7. The molecule has 0 unspecified atom stereocenters. The average molecular weight is 224 g/mol. The Balaban J connectivity index is 2.10. The molecule has 3 nitrogen and oxygen atoms in total. The van der Waals surface area contributed by atoms with E-state index < -0.39 is 9.84 Å². The molecule has 2 rings (SSSR count). The highest BCUT2D eigenvalue weighted by atomic mass is 32.2. The Morgan fingerprint density at radius 1 is 1.40 bits per heavy atom. The van der Waals surface area contributed by atoms with Crippen LogP contribution in [0.3, 0.4) is 0 Å². The van der Waals surface area contributed by atoms with Crippen LogP contribution in [0.15, 0.2) is 46.6 Å². The van der Waals surface area contributed by atoms with Crippen LogP contribution in [0.5, 0.6) is 0 Å². The first kappa shape index (κ1) is 10.2. The van der Waals surface area contributed by atoms with E-state index in [1.165, 1.54) is 17.2 Å². The quantitative estimate of drug-likeness (QED) is 0.723. The monoisotopic (exact) mass is 224 g/mol. The molecule has 0 atom stereocenters. The van der Waals surface area contributed by atoms with E-state index in [1.54, 1.807) is 0 Å². The summed E-state index contributed by atoms with van der Waals surface area (Å²) >= 11 is 0. The third-order valence-corrected chi connectivity index (χ3v) is 3.34. The summed E-state index contributed by atoms with van der Waals surface area (Å²) in [5.41, 5.74) is 1.20. The first-order valence-electron chi connectivity index (χ1n) is 4.79. The molecule has 0 saturated heterocycles. The van der Waals surface area contributed by atoms with E-state index in [2.05, 4.69) is 6.08 Å². The fraction of sp³-hybridized carbons (Fsp3) is 0.273. The molecule has 0 saturated carbocycles. The molecular weight excluding hydrogens is 212 g/mol. The molecule has 0 spiro atoms. The molecule has 0 aromatic carbocycles. The second-order valence-electron chi connectivity index (χ2n) is 3.53. The number of rotatable bonds is 2. The molecule has 1 heterocycles. The zero-order valence-electron chi connectivity index (χ0n) is 8.22. The van der Waals surface area contributed by atoms with Gasteiger partial charge < -0.3 is 4.74 Å². The van der Waals surface area contributed by atoms with Crippen LogP contribution in [-0.4, -0.2) is 8.42 Å². The van der Waals surface area contributed by atoms with Gasteiger partial charge in [0, 0.05) is 6.42 Å². The van der Waals surface area contributed by atoms with E-state index in [0.29, 0.717) is 12.2 Å². The lowest BCUT2D eigenvalue weighted by Gasteiger charge is -2.13. The van der Waals surface area contributed by atoms with Gasteiger partial charge in [-0.1, -0.05) is 23.8 Å². The van der Waals surface area contributed by atoms with Crippen LogP contribution in [0.1, 0.15) is 19.3 Å². The van der Waals surface area contributed by atoms with Crippen LogP contribution in [0.4, 0.5) is 0 Å². The number of ether oxygens (including phenoxy) is 1. The molecule has 15 heavy (non-hydrogen) atoms. The lowest BCUT2D eigenvalue weighted by molar-refractivity contribution is 0.339. The van der Waals surface area contributed by atoms with Gasteiger partial charge in [0.05, 0.1) is 10.8 Å². The van der Waals surface area contributed by atoms with Crippen molar-refractivity contribution in [2.24, 2.45) is 0 Å². The van der Waals surface area contributed by atoms with E-state index in [0.717, 1.165) is 18.2 Å². The van der Waals surface area contributed by atoms with E-state index in [1.807, 2.05) is 12.2 Å². The first-order chi connectivity index (χ1) is 7.16. The molecule has 0 amide bonds. The van der Waals surface area contributed by atoms with Crippen molar-refractivity contribution in [2.75, 3.05) is 0 Å². The van der Waals surface area contributed by atoms with E-state index >= 15 is 0 Å². The standard InChI is InChI=1S/C11H12O3S/c12-15(13)7-6-14-11(9-15)8-10-4-2-1-3-5-10/h1-2,4,6-7,9H,3,5,8H2. The van der Waals surface area contributed by atoms with Crippen molar-refractivity contribution >= 4 is 9.84 Å². The Bertz CT molecular complexity index is 464. The molecule has 0 radical (unpaired) electrons. The molecule has 0 aromatic heterocycles. The van der Waals surface area contributed by atoms with Crippen molar-refractivity contribution in [3.63, 3.8) is 0 Å². The SMILES string of the molecule is O=S1(=O)C=COC(CC2=CC=CCC2)=C1. The minimum Gasteiger partial charge on any atom is -0.468 e. The summed E-state index contributed by atoms with van der Waals surface area (Å²) in [7, 11) is -3.20. The van der Waals surface area contributed by atoms with Crippen LogP contribution < -0.4 is 0 Å². The van der Waals surface area contributed by atoms with Crippen molar-refractivity contribution in [3.05, 3.63) is 46.6 Å². The number of allylic oxidation sites excluding steroid dienone is 4. The fourth-order valence-electron chi connectivity index (χ4n) is 1.55. The van der Waals surface area contributed by atoms with Crippen LogP contribution in [-0.2, 0) is 14.6 Å². The molecule has 0 N–H and O–H groups in total. The van der Waals surface area contributed by atoms with Crippen LogP contribution in [0.25, 0.3) is 0 Å². The van der Waals surface area contributed by atoms with Gasteiger partial charge in [-0.05, 0) is 12.8 Å². The summed E-state index contributed by atoms with van der Waals surface area (Å²) in [5.74, 6) is 0.499. The highest BCUT2D eigenvalue weighted by Crippen LogP contribution is 2.23.